The van der Waals surface area contributed by atoms with Gasteiger partial charge in [-0.05, 0) is 42.7 Å². The van der Waals surface area contributed by atoms with Gasteiger partial charge in [0.15, 0.2) is 0 Å². The van der Waals surface area contributed by atoms with Crippen molar-refractivity contribution in [1.82, 2.24) is 4.90 Å². The molecule has 7 nitrogen and oxygen atoms in total. The molecule has 0 N–H and O–H groups in total. The van der Waals surface area contributed by atoms with Crippen LogP contribution in [-0.2, 0) is 21.1 Å². The lowest BCUT2D eigenvalue weighted by atomic mass is 9.73. The molecule has 0 unspecified atom stereocenters. The standard InChI is InChI=1S/C23H23F4N3O4/c24-18-3-1-2-16(14-18)22(6-12-34-13-7-22)21(31)29-10-8-28(9-11-29)19-5-4-17(23(25,26)27)15-20(19)30(32)33/h1-5,14-15H,6-13H2. The number of nitro benzene ring substituents is 1. The van der Waals surface area contributed by atoms with Crippen molar-refractivity contribution in [3.63, 3.8) is 0 Å². The number of ether oxygens (including phenoxy) is 1. The maximum Gasteiger partial charge on any atom is 0.416 e. The highest BCUT2D eigenvalue weighted by Crippen LogP contribution is 2.39. The summed E-state index contributed by atoms with van der Waals surface area (Å²) in [5.74, 6) is -0.599. The molecule has 2 aromatic rings. The quantitative estimate of drug-likeness (QED) is 0.373. The summed E-state index contributed by atoms with van der Waals surface area (Å²) in [6.07, 6.45) is -3.89. The van der Waals surface area contributed by atoms with E-state index in [0.29, 0.717) is 37.7 Å². The van der Waals surface area contributed by atoms with Crippen LogP contribution in [0.1, 0.15) is 24.0 Å². The Balaban J connectivity index is 1.54. The third kappa shape index (κ3) is 4.56. The Morgan fingerprint density at radius 1 is 1.03 bits per heavy atom. The van der Waals surface area contributed by atoms with Crippen LogP contribution in [0.2, 0.25) is 0 Å². The minimum Gasteiger partial charge on any atom is -0.381 e. The van der Waals surface area contributed by atoms with Crippen LogP contribution < -0.4 is 4.90 Å². The number of piperazine rings is 1. The highest BCUT2D eigenvalue weighted by Gasteiger charge is 2.45. The lowest BCUT2D eigenvalue weighted by Gasteiger charge is -2.43. The number of carbonyl (C=O) groups excluding carboxylic acids is 1. The fourth-order valence-electron chi connectivity index (χ4n) is 4.70. The minimum atomic E-state index is -4.69. The van der Waals surface area contributed by atoms with Gasteiger partial charge >= 0.3 is 6.18 Å². The Bertz CT molecular complexity index is 1080. The maximum atomic E-state index is 14.0. The van der Waals surface area contributed by atoms with Gasteiger partial charge in [0.1, 0.15) is 11.5 Å². The molecule has 2 aliphatic heterocycles. The van der Waals surface area contributed by atoms with Crippen molar-refractivity contribution in [1.29, 1.82) is 0 Å². The Kier molecular flexibility index (Phi) is 6.48. The van der Waals surface area contributed by atoms with Crippen LogP contribution in [0.3, 0.4) is 0 Å². The van der Waals surface area contributed by atoms with Gasteiger partial charge in [0, 0.05) is 45.5 Å². The molecule has 0 spiro atoms. The second-order valence-electron chi connectivity index (χ2n) is 8.44. The van der Waals surface area contributed by atoms with Gasteiger partial charge < -0.3 is 14.5 Å². The molecular formula is C23H23F4N3O4. The fourth-order valence-corrected chi connectivity index (χ4v) is 4.70. The largest absolute Gasteiger partial charge is 0.416 e. The lowest BCUT2D eigenvalue weighted by molar-refractivity contribution is -0.384. The van der Waals surface area contributed by atoms with Crippen LogP contribution in [0.5, 0.6) is 0 Å². The summed E-state index contributed by atoms with van der Waals surface area (Å²) in [4.78, 5) is 27.5. The molecule has 0 saturated carbocycles. The van der Waals surface area contributed by atoms with E-state index in [2.05, 4.69) is 0 Å². The molecule has 2 saturated heterocycles. The van der Waals surface area contributed by atoms with Crippen molar-refractivity contribution >= 4 is 17.3 Å². The van der Waals surface area contributed by atoms with Gasteiger partial charge in [-0.2, -0.15) is 13.2 Å². The van der Waals surface area contributed by atoms with E-state index in [0.717, 1.165) is 12.1 Å². The predicted octanol–water partition coefficient (Wildman–Crippen LogP) is 4.15. The molecule has 34 heavy (non-hydrogen) atoms. The predicted molar refractivity (Wildman–Crippen MR) is 115 cm³/mol. The van der Waals surface area contributed by atoms with E-state index in [4.69, 9.17) is 4.74 Å². The van der Waals surface area contributed by atoms with Crippen LogP contribution in [0.25, 0.3) is 0 Å². The molecule has 0 aromatic heterocycles. The van der Waals surface area contributed by atoms with Gasteiger partial charge in [-0.1, -0.05) is 12.1 Å². The second-order valence-corrected chi connectivity index (χ2v) is 8.44. The molecule has 4 rings (SSSR count). The van der Waals surface area contributed by atoms with Crippen molar-refractivity contribution in [2.24, 2.45) is 0 Å². The highest BCUT2D eigenvalue weighted by atomic mass is 19.4. The van der Waals surface area contributed by atoms with E-state index in [1.807, 2.05) is 0 Å². The Labute approximate surface area is 193 Å². The van der Waals surface area contributed by atoms with Crippen molar-refractivity contribution < 1.29 is 32.0 Å². The SMILES string of the molecule is O=C(N1CCN(c2ccc(C(F)(F)F)cc2[N+](=O)[O-])CC1)C1(c2cccc(F)c2)CCOCC1. The monoisotopic (exact) mass is 481 g/mol. The minimum absolute atomic E-state index is 0.0796. The topological polar surface area (TPSA) is 75.9 Å². The number of carbonyl (C=O) groups is 1. The number of amides is 1. The van der Waals surface area contributed by atoms with Crippen molar-refractivity contribution in [3.8, 4) is 0 Å². The molecule has 0 aliphatic carbocycles. The molecule has 1 amide bonds. The highest BCUT2D eigenvalue weighted by molar-refractivity contribution is 5.88. The lowest BCUT2D eigenvalue weighted by Crippen LogP contribution is -2.56. The van der Waals surface area contributed by atoms with Crippen LogP contribution in [0.4, 0.5) is 28.9 Å². The zero-order chi connectivity index (χ0) is 24.5. The molecule has 2 aromatic carbocycles. The van der Waals surface area contributed by atoms with E-state index < -0.39 is 33.6 Å². The molecule has 182 valence electrons. The average molecular weight is 481 g/mol. The van der Waals surface area contributed by atoms with E-state index in [1.165, 1.54) is 12.1 Å². The number of alkyl halides is 3. The van der Waals surface area contributed by atoms with Crippen LogP contribution in [0, 0.1) is 15.9 Å². The summed E-state index contributed by atoms with van der Waals surface area (Å²) in [7, 11) is 0. The first-order chi connectivity index (χ1) is 16.1. The van der Waals surface area contributed by atoms with E-state index >= 15 is 0 Å². The van der Waals surface area contributed by atoms with Crippen molar-refractivity contribution in [2.45, 2.75) is 24.4 Å². The number of hydrogen-bond donors (Lipinski definition) is 0. The number of halogens is 4. The van der Waals surface area contributed by atoms with Gasteiger partial charge in [-0.3, -0.25) is 14.9 Å². The van der Waals surface area contributed by atoms with Crippen LogP contribution >= 0.6 is 0 Å². The molecular weight excluding hydrogens is 458 g/mol. The molecule has 11 heteroatoms. The smallest absolute Gasteiger partial charge is 0.381 e. The van der Waals surface area contributed by atoms with Gasteiger partial charge in [-0.15, -0.1) is 0 Å². The molecule has 0 atom stereocenters. The van der Waals surface area contributed by atoms with Crippen molar-refractivity contribution in [3.05, 3.63) is 69.5 Å². The first-order valence-corrected chi connectivity index (χ1v) is 10.9. The molecule has 0 radical (unpaired) electrons. The second kappa shape index (κ2) is 9.21. The summed E-state index contributed by atoms with van der Waals surface area (Å²) in [5, 5.41) is 11.5. The summed E-state index contributed by atoms with van der Waals surface area (Å²) in [5.41, 5.74) is -1.98. The summed E-state index contributed by atoms with van der Waals surface area (Å²) in [6, 6.07) is 8.44. The number of rotatable bonds is 4. The van der Waals surface area contributed by atoms with E-state index in [9.17, 15) is 32.5 Å². The zero-order valence-electron chi connectivity index (χ0n) is 18.2. The molecule has 0 bridgehead atoms. The maximum absolute atomic E-state index is 14.0. The first kappa shape index (κ1) is 23.9. The van der Waals surface area contributed by atoms with E-state index in [1.54, 1.807) is 21.9 Å². The zero-order valence-corrected chi connectivity index (χ0v) is 18.2. The average Bonchev–Trinajstić information content (AvgIpc) is 2.83. The molecule has 2 heterocycles. The third-order valence-electron chi connectivity index (χ3n) is 6.54. The number of anilines is 1. The normalized spacial score (nSPS) is 18.6. The third-order valence-corrected chi connectivity index (χ3v) is 6.54. The first-order valence-electron chi connectivity index (χ1n) is 10.9. The fraction of sp³-hybridized carbons (Fsp3) is 0.435. The number of hydrogen-bond acceptors (Lipinski definition) is 5. The van der Waals surface area contributed by atoms with Gasteiger partial charge in [0.25, 0.3) is 5.69 Å². The summed E-state index contributed by atoms with van der Waals surface area (Å²) < 4.78 is 58.4. The van der Waals surface area contributed by atoms with Crippen LogP contribution in [-0.4, -0.2) is 55.1 Å². The Morgan fingerprint density at radius 3 is 2.29 bits per heavy atom. The number of nitrogens with zero attached hydrogens (tertiary/aromatic N) is 3. The number of nitro groups is 1. The van der Waals surface area contributed by atoms with Gasteiger partial charge in [0.2, 0.25) is 5.91 Å². The Morgan fingerprint density at radius 2 is 1.71 bits per heavy atom. The number of benzene rings is 2. The van der Waals surface area contributed by atoms with Crippen LogP contribution in [0.15, 0.2) is 42.5 Å². The molecule has 2 aliphatic rings. The Hall–Kier alpha value is -3.21. The summed E-state index contributed by atoms with van der Waals surface area (Å²) in [6.45, 7) is 1.62. The van der Waals surface area contributed by atoms with E-state index in [-0.39, 0.29) is 37.8 Å². The van der Waals surface area contributed by atoms with Gasteiger partial charge in [-0.25, -0.2) is 4.39 Å². The molecule has 2 fully saturated rings. The van der Waals surface area contributed by atoms with Gasteiger partial charge in [0.05, 0.1) is 15.9 Å². The van der Waals surface area contributed by atoms with Crippen molar-refractivity contribution in [2.75, 3.05) is 44.3 Å². The summed E-state index contributed by atoms with van der Waals surface area (Å²) >= 11 is 0.